The third kappa shape index (κ3) is 2.51. The monoisotopic (exact) mass is 348 g/mol. The van der Waals surface area contributed by atoms with E-state index >= 15 is 0 Å². The molecule has 6 heteroatoms. The standard InChI is InChI=1S/C8H14Br2O3S/c1-8(2,10)7-5-13-4-6(3-9)14(7,11)12/h6-7H,3-5H2,1-2H3/t6-,7-/m1/s1. The molecule has 1 rings (SSSR count). The molecule has 0 saturated carbocycles. The normalized spacial score (nSPS) is 32.9. The van der Waals surface area contributed by atoms with Gasteiger partial charge in [0.15, 0.2) is 9.84 Å². The summed E-state index contributed by atoms with van der Waals surface area (Å²) in [6, 6.07) is 0. The van der Waals surface area contributed by atoms with E-state index in [9.17, 15) is 8.42 Å². The summed E-state index contributed by atoms with van der Waals surface area (Å²) in [5.74, 6) is 0. The predicted molar refractivity (Wildman–Crippen MR) is 64.1 cm³/mol. The lowest BCUT2D eigenvalue weighted by Crippen LogP contribution is -2.51. The Labute approximate surface area is 102 Å². The molecule has 1 aliphatic heterocycles. The van der Waals surface area contributed by atoms with Gasteiger partial charge in [-0.2, -0.15) is 0 Å². The van der Waals surface area contributed by atoms with Gasteiger partial charge in [0.05, 0.1) is 23.7 Å². The maximum absolute atomic E-state index is 12.1. The Balaban J connectivity index is 2.98. The van der Waals surface area contributed by atoms with Crippen molar-refractivity contribution in [3.8, 4) is 0 Å². The molecule has 0 aromatic heterocycles. The number of alkyl halides is 2. The lowest BCUT2D eigenvalue weighted by Gasteiger charge is -2.35. The molecule has 0 radical (unpaired) electrons. The zero-order valence-corrected chi connectivity index (χ0v) is 12.2. The van der Waals surface area contributed by atoms with Crippen molar-refractivity contribution in [1.29, 1.82) is 0 Å². The van der Waals surface area contributed by atoms with Gasteiger partial charge < -0.3 is 4.74 Å². The van der Waals surface area contributed by atoms with Gasteiger partial charge in [-0.3, -0.25) is 0 Å². The average Bonchev–Trinajstić information content (AvgIpc) is 2.00. The van der Waals surface area contributed by atoms with Gasteiger partial charge in [0, 0.05) is 9.65 Å². The van der Waals surface area contributed by atoms with Crippen LogP contribution in [0.4, 0.5) is 0 Å². The highest BCUT2D eigenvalue weighted by Crippen LogP contribution is 2.32. The smallest absolute Gasteiger partial charge is 0.162 e. The molecule has 0 bridgehead atoms. The second kappa shape index (κ2) is 4.39. The van der Waals surface area contributed by atoms with Gasteiger partial charge >= 0.3 is 0 Å². The number of halogens is 2. The topological polar surface area (TPSA) is 43.4 Å². The lowest BCUT2D eigenvalue weighted by molar-refractivity contribution is 0.118. The van der Waals surface area contributed by atoms with E-state index in [4.69, 9.17) is 4.74 Å². The van der Waals surface area contributed by atoms with Crippen molar-refractivity contribution in [2.75, 3.05) is 18.5 Å². The second-order valence-corrected chi connectivity index (χ2v) is 9.06. The molecule has 1 aliphatic rings. The van der Waals surface area contributed by atoms with E-state index in [2.05, 4.69) is 31.9 Å². The third-order valence-electron chi connectivity index (χ3n) is 2.37. The van der Waals surface area contributed by atoms with Gasteiger partial charge in [0.1, 0.15) is 0 Å². The molecular formula is C8H14Br2O3S. The highest BCUT2D eigenvalue weighted by molar-refractivity contribution is 9.10. The SMILES string of the molecule is CC(C)(Br)[C@H]1COC[C@@H](CBr)S1(=O)=O. The molecule has 0 aliphatic carbocycles. The van der Waals surface area contributed by atoms with Crippen molar-refractivity contribution in [2.45, 2.75) is 28.7 Å². The Hall–Kier alpha value is 0.870. The summed E-state index contributed by atoms with van der Waals surface area (Å²) in [6.45, 7) is 4.29. The van der Waals surface area contributed by atoms with Crippen LogP contribution < -0.4 is 0 Å². The van der Waals surface area contributed by atoms with Gasteiger partial charge in [-0.05, 0) is 13.8 Å². The van der Waals surface area contributed by atoms with Crippen molar-refractivity contribution >= 4 is 41.7 Å². The number of sulfone groups is 1. The molecule has 0 aromatic carbocycles. The Morgan fingerprint density at radius 3 is 2.43 bits per heavy atom. The van der Waals surface area contributed by atoms with Crippen LogP contribution in [0.25, 0.3) is 0 Å². The first-order chi connectivity index (χ1) is 6.30. The molecule has 0 amide bonds. The number of hydrogen-bond donors (Lipinski definition) is 0. The van der Waals surface area contributed by atoms with Crippen LogP contribution in [0, 0.1) is 0 Å². The molecule has 0 aromatic rings. The summed E-state index contributed by atoms with van der Waals surface area (Å²) < 4.78 is 29.0. The van der Waals surface area contributed by atoms with E-state index < -0.39 is 24.7 Å². The Bertz CT molecular complexity index is 294. The van der Waals surface area contributed by atoms with Crippen molar-refractivity contribution in [2.24, 2.45) is 0 Å². The van der Waals surface area contributed by atoms with Gasteiger partial charge in [0.2, 0.25) is 0 Å². The van der Waals surface area contributed by atoms with E-state index in [0.29, 0.717) is 11.9 Å². The van der Waals surface area contributed by atoms with E-state index in [-0.39, 0.29) is 6.61 Å². The summed E-state index contributed by atoms with van der Waals surface area (Å²) in [6.07, 6.45) is 0. The maximum atomic E-state index is 12.1. The molecule has 1 saturated heterocycles. The summed E-state index contributed by atoms with van der Waals surface area (Å²) >= 11 is 6.60. The number of ether oxygens (including phenoxy) is 1. The zero-order chi connectivity index (χ0) is 11.0. The molecular weight excluding hydrogens is 336 g/mol. The highest BCUT2D eigenvalue weighted by atomic mass is 79.9. The average molecular weight is 350 g/mol. The van der Waals surface area contributed by atoms with Crippen molar-refractivity contribution in [3.63, 3.8) is 0 Å². The van der Waals surface area contributed by atoms with Gasteiger partial charge in [0.25, 0.3) is 0 Å². The van der Waals surface area contributed by atoms with E-state index in [1.54, 1.807) is 0 Å². The van der Waals surface area contributed by atoms with Crippen molar-refractivity contribution in [1.82, 2.24) is 0 Å². The Kier molecular flexibility index (Phi) is 4.06. The molecule has 0 spiro atoms. The van der Waals surface area contributed by atoms with Crippen LogP contribution in [-0.2, 0) is 14.6 Å². The number of rotatable bonds is 2. The fourth-order valence-electron chi connectivity index (χ4n) is 1.45. The minimum absolute atomic E-state index is 0.282. The van der Waals surface area contributed by atoms with Crippen LogP contribution in [0.2, 0.25) is 0 Å². The van der Waals surface area contributed by atoms with Gasteiger partial charge in [-0.25, -0.2) is 8.42 Å². The second-order valence-electron chi connectivity index (χ2n) is 3.96. The summed E-state index contributed by atoms with van der Waals surface area (Å²) in [4.78, 5) is 0. The quantitative estimate of drug-likeness (QED) is 0.713. The first-order valence-electron chi connectivity index (χ1n) is 4.35. The zero-order valence-electron chi connectivity index (χ0n) is 8.16. The van der Waals surface area contributed by atoms with Crippen molar-refractivity contribution in [3.05, 3.63) is 0 Å². The minimum atomic E-state index is -3.09. The number of hydrogen-bond acceptors (Lipinski definition) is 3. The van der Waals surface area contributed by atoms with Crippen LogP contribution >= 0.6 is 31.9 Å². The first-order valence-corrected chi connectivity index (χ1v) is 7.88. The van der Waals surface area contributed by atoms with E-state index in [1.807, 2.05) is 13.8 Å². The Morgan fingerprint density at radius 2 is 2.00 bits per heavy atom. The first kappa shape index (κ1) is 12.9. The third-order valence-corrected chi connectivity index (χ3v) is 7.19. The lowest BCUT2D eigenvalue weighted by atomic mass is 10.1. The van der Waals surface area contributed by atoms with Crippen LogP contribution in [0.15, 0.2) is 0 Å². The van der Waals surface area contributed by atoms with Crippen LogP contribution in [-0.4, -0.2) is 41.8 Å². The molecule has 84 valence electrons. The Morgan fingerprint density at radius 1 is 1.43 bits per heavy atom. The van der Waals surface area contributed by atoms with Gasteiger partial charge in [-0.1, -0.05) is 31.9 Å². The molecule has 0 N–H and O–H groups in total. The van der Waals surface area contributed by atoms with Crippen LogP contribution in [0.1, 0.15) is 13.8 Å². The molecule has 1 fully saturated rings. The van der Waals surface area contributed by atoms with Crippen LogP contribution in [0.5, 0.6) is 0 Å². The molecule has 14 heavy (non-hydrogen) atoms. The molecule has 3 nitrogen and oxygen atoms in total. The summed E-state index contributed by atoms with van der Waals surface area (Å²) in [5, 5.41) is -0.445. The molecule has 0 unspecified atom stereocenters. The minimum Gasteiger partial charge on any atom is -0.379 e. The fraction of sp³-hybridized carbons (Fsp3) is 1.00. The highest BCUT2D eigenvalue weighted by Gasteiger charge is 2.45. The molecule has 2 atom stereocenters. The summed E-state index contributed by atoms with van der Waals surface area (Å²) in [5.41, 5.74) is 0. The van der Waals surface area contributed by atoms with E-state index in [0.717, 1.165) is 0 Å². The van der Waals surface area contributed by atoms with E-state index in [1.165, 1.54) is 0 Å². The predicted octanol–water partition coefficient (Wildman–Crippen LogP) is 1.74. The fourth-order valence-corrected chi connectivity index (χ4v) is 5.65. The largest absolute Gasteiger partial charge is 0.379 e. The molecule has 1 heterocycles. The van der Waals surface area contributed by atoms with Crippen LogP contribution in [0.3, 0.4) is 0 Å². The summed E-state index contributed by atoms with van der Waals surface area (Å²) in [7, 11) is -3.09. The maximum Gasteiger partial charge on any atom is 0.162 e. The van der Waals surface area contributed by atoms with Gasteiger partial charge in [-0.15, -0.1) is 0 Å². The van der Waals surface area contributed by atoms with Crippen molar-refractivity contribution < 1.29 is 13.2 Å².